The van der Waals surface area contributed by atoms with Crippen molar-refractivity contribution in [1.82, 2.24) is 15.1 Å². The van der Waals surface area contributed by atoms with E-state index in [0.29, 0.717) is 30.6 Å². The number of hydrogen-bond donors (Lipinski definition) is 0. The number of piperidine rings is 1. The first-order valence-electron chi connectivity index (χ1n) is 10.5. The molecule has 4 rings (SSSR count). The number of rotatable bonds is 4. The molecule has 2 aliphatic heterocycles. The van der Waals surface area contributed by atoms with Gasteiger partial charge in [-0.05, 0) is 49.9 Å². The first-order chi connectivity index (χ1) is 14.1. The van der Waals surface area contributed by atoms with Crippen molar-refractivity contribution in [2.45, 2.75) is 38.6 Å². The summed E-state index contributed by atoms with van der Waals surface area (Å²) in [7, 11) is 0. The predicted molar refractivity (Wildman–Crippen MR) is 117 cm³/mol. The molecule has 0 spiro atoms. The van der Waals surface area contributed by atoms with Gasteiger partial charge in [0.15, 0.2) is 11.6 Å². The molecule has 154 valence electrons. The van der Waals surface area contributed by atoms with Crippen molar-refractivity contribution < 1.29 is 4.79 Å². The van der Waals surface area contributed by atoms with E-state index < -0.39 is 0 Å². The van der Waals surface area contributed by atoms with E-state index in [2.05, 4.69) is 39.1 Å². The van der Waals surface area contributed by atoms with Gasteiger partial charge >= 0.3 is 0 Å². The minimum absolute atomic E-state index is 0.123. The van der Waals surface area contributed by atoms with Gasteiger partial charge in [-0.1, -0.05) is 29.8 Å². The minimum Gasteiger partial charge on any atom is -0.352 e. The van der Waals surface area contributed by atoms with E-state index in [9.17, 15) is 4.79 Å². The largest absolute Gasteiger partial charge is 0.352 e. The first kappa shape index (κ1) is 20.0. The number of amides is 1. The number of anilines is 2. The minimum atomic E-state index is 0.123. The van der Waals surface area contributed by atoms with Crippen molar-refractivity contribution in [2.24, 2.45) is 0 Å². The lowest BCUT2D eigenvalue weighted by molar-refractivity contribution is -0.130. The second kappa shape index (κ2) is 8.99. The van der Waals surface area contributed by atoms with E-state index in [0.717, 1.165) is 36.8 Å². The molecule has 2 aromatic rings. The Kier molecular flexibility index (Phi) is 6.19. The smallest absolute Gasteiger partial charge is 0.227 e. The van der Waals surface area contributed by atoms with Gasteiger partial charge in [-0.2, -0.15) is 0 Å². The third kappa shape index (κ3) is 4.64. The number of piperazine rings is 1. The molecule has 0 radical (unpaired) electrons. The topological polar surface area (TPSA) is 52.6 Å². The molecule has 1 unspecified atom stereocenters. The molecule has 7 heteroatoms. The highest BCUT2D eigenvalue weighted by molar-refractivity contribution is 6.31. The van der Waals surface area contributed by atoms with Crippen LogP contribution in [0.25, 0.3) is 0 Å². The highest BCUT2D eigenvalue weighted by Crippen LogP contribution is 2.24. The van der Waals surface area contributed by atoms with Crippen LogP contribution in [0.4, 0.5) is 11.6 Å². The van der Waals surface area contributed by atoms with E-state index in [4.69, 9.17) is 11.6 Å². The van der Waals surface area contributed by atoms with Crippen LogP contribution in [-0.2, 0) is 11.2 Å². The van der Waals surface area contributed by atoms with Crippen LogP contribution in [0.15, 0.2) is 36.4 Å². The maximum absolute atomic E-state index is 12.6. The van der Waals surface area contributed by atoms with Gasteiger partial charge < -0.3 is 14.7 Å². The third-order valence-corrected chi connectivity index (χ3v) is 6.36. The highest BCUT2D eigenvalue weighted by Gasteiger charge is 2.24. The second-order valence-electron chi connectivity index (χ2n) is 7.92. The van der Waals surface area contributed by atoms with Crippen LogP contribution in [0.3, 0.4) is 0 Å². The lowest BCUT2D eigenvalue weighted by atomic mass is 10.0. The molecular weight excluding hydrogens is 386 g/mol. The monoisotopic (exact) mass is 413 g/mol. The molecule has 0 aliphatic carbocycles. The molecule has 2 saturated heterocycles. The quantitative estimate of drug-likeness (QED) is 0.768. The normalized spacial score (nSPS) is 20.1. The summed E-state index contributed by atoms with van der Waals surface area (Å²) in [6, 6.07) is 12.2. The van der Waals surface area contributed by atoms with Gasteiger partial charge in [0.05, 0.1) is 6.42 Å². The summed E-state index contributed by atoms with van der Waals surface area (Å²) >= 11 is 6.19. The summed E-state index contributed by atoms with van der Waals surface area (Å²) in [5.74, 6) is 1.98. The van der Waals surface area contributed by atoms with Crippen LogP contribution >= 0.6 is 11.6 Å². The standard InChI is InChI=1S/C22H28ClN5O/c1-17-6-4-5-11-28(17)21-10-9-20(24-25-21)26-12-14-27(15-13-26)22(29)16-18-7-2-3-8-19(18)23/h2-3,7-10,17H,4-6,11-16H2,1H3. The SMILES string of the molecule is CC1CCCCN1c1ccc(N2CCN(C(=O)Cc3ccccc3Cl)CC2)nn1. The molecule has 6 nitrogen and oxygen atoms in total. The Morgan fingerprint density at radius 3 is 2.41 bits per heavy atom. The lowest BCUT2D eigenvalue weighted by Gasteiger charge is -2.36. The number of benzene rings is 1. The number of nitrogens with zero attached hydrogens (tertiary/aromatic N) is 5. The summed E-state index contributed by atoms with van der Waals surface area (Å²) in [6.45, 7) is 6.23. The van der Waals surface area contributed by atoms with Crippen LogP contribution < -0.4 is 9.80 Å². The number of carbonyl (C=O) groups excluding carboxylic acids is 1. The van der Waals surface area contributed by atoms with Gasteiger partial charge in [-0.15, -0.1) is 10.2 Å². The molecule has 0 N–H and O–H groups in total. The summed E-state index contributed by atoms with van der Waals surface area (Å²) in [5, 5.41) is 9.61. The zero-order valence-corrected chi connectivity index (χ0v) is 17.7. The summed E-state index contributed by atoms with van der Waals surface area (Å²) in [4.78, 5) is 19.1. The predicted octanol–water partition coefficient (Wildman–Crippen LogP) is 3.40. The molecule has 1 aromatic carbocycles. The van der Waals surface area contributed by atoms with Crippen LogP contribution in [0.2, 0.25) is 5.02 Å². The summed E-state index contributed by atoms with van der Waals surface area (Å²) in [5.41, 5.74) is 0.884. The second-order valence-corrected chi connectivity index (χ2v) is 8.33. The zero-order chi connectivity index (χ0) is 20.2. The van der Waals surface area contributed by atoms with Gasteiger partial charge in [-0.3, -0.25) is 4.79 Å². The molecule has 0 saturated carbocycles. The summed E-state index contributed by atoms with van der Waals surface area (Å²) in [6.07, 6.45) is 4.08. The van der Waals surface area contributed by atoms with Gasteiger partial charge in [0.25, 0.3) is 0 Å². The molecule has 1 aromatic heterocycles. The fourth-order valence-corrected chi connectivity index (χ4v) is 4.38. The van der Waals surface area contributed by atoms with Crippen molar-refractivity contribution in [3.63, 3.8) is 0 Å². The Morgan fingerprint density at radius 1 is 1.00 bits per heavy atom. The number of hydrogen-bond acceptors (Lipinski definition) is 5. The molecule has 0 bridgehead atoms. The fraction of sp³-hybridized carbons (Fsp3) is 0.500. The van der Waals surface area contributed by atoms with Gasteiger partial charge in [0, 0.05) is 43.8 Å². The highest BCUT2D eigenvalue weighted by atomic mass is 35.5. The lowest BCUT2D eigenvalue weighted by Crippen LogP contribution is -2.49. The van der Waals surface area contributed by atoms with Crippen LogP contribution in [0, 0.1) is 0 Å². The van der Waals surface area contributed by atoms with E-state index in [-0.39, 0.29) is 5.91 Å². The van der Waals surface area contributed by atoms with Crippen LogP contribution in [0.5, 0.6) is 0 Å². The van der Waals surface area contributed by atoms with Crippen molar-refractivity contribution in [1.29, 1.82) is 0 Å². The number of aromatic nitrogens is 2. The average Bonchev–Trinajstić information content (AvgIpc) is 2.76. The first-order valence-corrected chi connectivity index (χ1v) is 10.9. The third-order valence-electron chi connectivity index (χ3n) is 5.99. The molecular formula is C22H28ClN5O. The van der Waals surface area contributed by atoms with E-state index in [1.807, 2.05) is 29.2 Å². The van der Waals surface area contributed by atoms with Crippen LogP contribution in [0.1, 0.15) is 31.7 Å². The number of halogens is 1. The number of carbonyl (C=O) groups is 1. The van der Waals surface area contributed by atoms with Crippen LogP contribution in [-0.4, -0.2) is 59.8 Å². The van der Waals surface area contributed by atoms with Crippen molar-refractivity contribution in [3.05, 3.63) is 47.0 Å². The van der Waals surface area contributed by atoms with Gasteiger partial charge in [0.2, 0.25) is 5.91 Å². The van der Waals surface area contributed by atoms with Gasteiger partial charge in [-0.25, -0.2) is 0 Å². The zero-order valence-electron chi connectivity index (χ0n) is 16.9. The summed E-state index contributed by atoms with van der Waals surface area (Å²) < 4.78 is 0. The molecule has 2 aliphatic rings. The molecule has 1 atom stereocenters. The molecule has 3 heterocycles. The molecule has 29 heavy (non-hydrogen) atoms. The Balaban J connectivity index is 1.32. The van der Waals surface area contributed by atoms with E-state index in [1.165, 1.54) is 19.3 Å². The maximum atomic E-state index is 12.6. The maximum Gasteiger partial charge on any atom is 0.227 e. The van der Waals surface area contributed by atoms with Crippen molar-refractivity contribution in [2.75, 3.05) is 42.5 Å². The Morgan fingerprint density at radius 2 is 1.72 bits per heavy atom. The Bertz CT molecular complexity index is 835. The molecule has 2 fully saturated rings. The Labute approximate surface area is 177 Å². The van der Waals surface area contributed by atoms with E-state index >= 15 is 0 Å². The van der Waals surface area contributed by atoms with Gasteiger partial charge in [0.1, 0.15) is 0 Å². The fourth-order valence-electron chi connectivity index (χ4n) is 4.18. The van der Waals surface area contributed by atoms with E-state index in [1.54, 1.807) is 0 Å². The van der Waals surface area contributed by atoms with Crippen molar-refractivity contribution >= 4 is 29.1 Å². The Hall–Kier alpha value is -2.34. The average molecular weight is 414 g/mol. The van der Waals surface area contributed by atoms with Crippen molar-refractivity contribution in [3.8, 4) is 0 Å². The molecule has 1 amide bonds.